The van der Waals surface area contributed by atoms with E-state index in [2.05, 4.69) is 15.3 Å². The van der Waals surface area contributed by atoms with E-state index >= 15 is 0 Å². The first-order chi connectivity index (χ1) is 16.6. The lowest BCUT2D eigenvalue weighted by Gasteiger charge is -2.23. The lowest BCUT2D eigenvalue weighted by molar-refractivity contribution is -0.129. The summed E-state index contributed by atoms with van der Waals surface area (Å²) in [6.45, 7) is 0.568. The van der Waals surface area contributed by atoms with Crippen molar-refractivity contribution in [3.05, 3.63) is 77.6 Å². The first-order valence-electron chi connectivity index (χ1n) is 11.2. The lowest BCUT2D eigenvalue weighted by atomic mass is 10.1. The Bertz CT molecular complexity index is 1060. The summed E-state index contributed by atoms with van der Waals surface area (Å²) in [5.74, 6) is -0.0133. The first-order valence-corrected chi connectivity index (χ1v) is 11.6. The van der Waals surface area contributed by atoms with Crippen molar-refractivity contribution in [2.75, 3.05) is 11.4 Å². The third kappa shape index (κ3) is 7.54. The molecule has 0 aliphatic carbocycles. The lowest BCUT2D eigenvalue weighted by Crippen LogP contribution is -2.26. The molecule has 178 valence electrons. The maximum absolute atomic E-state index is 12.3. The molecule has 3 N–H and O–H groups in total. The van der Waals surface area contributed by atoms with E-state index in [9.17, 15) is 9.59 Å². The Morgan fingerprint density at radius 3 is 2.26 bits per heavy atom. The minimum atomic E-state index is -0.375. The zero-order valence-electron chi connectivity index (χ0n) is 18.8. The van der Waals surface area contributed by atoms with Crippen LogP contribution in [-0.4, -0.2) is 33.5 Å². The van der Waals surface area contributed by atoms with Crippen molar-refractivity contribution in [2.24, 2.45) is 0 Å². The quantitative estimate of drug-likeness (QED) is 0.196. The van der Waals surface area contributed by atoms with Gasteiger partial charge < -0.3 is 5.32 Å². The maximum atomic E-state index is 12.3. The highest BCUT2D eigenvalue weighted by atomic mass is 35.5. The predicted octanol–water partition coefficient (Wildman–Crippen LogP) is 4.71. The van der Waals surface area contributed by atoms with Gasteiger partial charge in [0.1, 0.15) is 0 Å². The first kappa shape index (κ1) is 25.1. The second-order valence-corrected chi connectivity index (χ2v) is 8.15. The largest absolute Gasteiger partial charge is 0.356 e. The molecule has 3 rings (SSSR count). The average Bonchev–Trinajstić information content (AvgIpc) is 2.86. The Hall–Kier alpha value is -3.49. The van der Waals surface area contributed by atoms with Crippen LogP contribution in [0.2, 0.25) is 5.02 Å². The van der Waals surface area contributed by atoms with Crippen molar-refractivity contribution in [3.63, 3.8) is 0 Å². The summed E-state index contributed by atoms with van der Waals surface area (Å²) < 4.78 is 0. The molecule has 8 nitrogen and oxygen atoms in total. The molecule has 0 fully saturated rings. The molecule has 0 spiro atoms. The fourth-order valence-electron chi connectivity index (χ4n) is 3.42. The van der Waals surface area contributed by atoms with Crippen LogP contribution in [0, 0.1) is 0 Å². The van der Waals surface area contributed by atoms with Gasteiger partial charge in [0.05, 0.1) is 17.1 Å². The minimum absolute atomic E-state index is 0.0953. The molecule has 0 saturated carbocycles. The number of hydrogen-bond acceptors (Lipinski definition) is 6. The maximum Gasteiger partial charge on any atom is 0.243 e. The van der Waals surface area contributed by atoms with E-state index in [1.165, 1.54) is 0 Å². The Morgan fingerprint density at radius 2 is 1.56 bits per heavy atom. The van der Waals surface area contributed by atoms with Gasteiger partial charge in [0, 0.05) is 31.0 Å². The van der Waals surface area contributed by atoms with Gasteiger partial charge in [-0.15, -0.1) is 0 Å². The molecule has 1 heterocycles. The summed E-state index contributed by atoms with van der Waals surface area (Å²) in [7, 11) is 0. The summed E-state index contributed by atoms with van der Waals surface area (Å²) in [6.07, 6.45) is 7.09. The minimum Gasteiger partial charge on any atom is -0.356 e. The molecular weight excluding hydrogens is 454 g/mol. The van der Waals surface area contributed by atoms with E-state index < -0.39 is 0 Å². The molecule has 0 radical (unpaired) electrons. The molecule has 9 heteroatoms. The van der Waals surface area contributed by atoms with E-state index in [1.54, 1.807) is 17.9 Å². The average molecular weight is 482 g/mol. The second-order valence-electron chi connectivity index (χ2n) is 7.74. The Kier molecular flexibility index (Phi) is 9.81. The molecule has 0 aliphatic rings. The van der Waals surface area contributed by atoms with E-state index in [0.29, 0.717) is 35.9 Å². The van der Waals surface area contributed by atoms with Gasteiger partial charge in [0.25, 0.3) is 0 Å². The number of nitrogens with zero attached hydrogens (tertiary/aromatic N) is 3. The number of hydrogen-bond donors (Lipinski definition) is 3. The highest BCUT2D eigenvalue weighted by molar-refractivity contribution is 6.33. The van der Waals surface area contributed by atoms with Gasteiger partial charge in [0.15, 0.2) is 0 Å². The molecular formula is C25H28ClN5O3. The van der Waals surface area contributed by atoms with Crippen molar-refractivity contribution in [1.82, 2.24) is 20.8 Å². The third-order valence-electron chi connectivity index (χ3n) is 5.14. The topological polar surface area (TPSA) is 107 Å². The molecule has 0 saturated heterocycles. The summed E-state index contributed by atoms with van der Waals surface area (Å²) in [5.41, 5.74) is 3.97. The second kappa shape index (κ2) is 13.3. The molecule has 0 aliphatic heterocycles. The number of unbranched alkanes of at least 4 members (excludes halogenated alkanes) is 3. The van der Waals surface area contributed by atoms with Crippen LogP contribution in [0.4, 0.5) is 17.3 Å². The molecule has 0 atom stereocenters. The van der Waals surface area contributed by atoms with Gasteiger partial charge in [-0.3, -0.25) is 19.7 Å². The van der Waals surface area contributed by atoms with Crippen molar-refractivity contribution in [1.29, 1.82) is 0 Å². The van der Waals surface area contributed by atoms with E-state index in [0.717, 1.165) is 30.6 Å². The fourth-order valence-corrected chi connectivity index (χ4v) is 3.64. The number of benzene rings is 2. The Labute approximate surface area is 204 Å². The van der Waals surface area contributed by atoms with Crippen LogP contribution >= 0.6 is 11.6 Å². The number of carbonyl (C=O) groups is 2. The van der Waals surface area contributed by atoms with Crippen LogP contribution in [0.5, 0.6) is 0 Å². The molecule has 0 unspecified atom stereocenters. The Balaban J connectivity index is 1.54. The van der Waals surface area contributed by atoms with Crippen LogP contribution in [0.25, 0.3) is 0 Å². The predicted molar refractivity (Wildman–Crippen MR) is 131 cm³/mol. The summed E-state index contributed by atoms with van der Waals surface area (Å²) >= 11 is 6.45. The van der Waals surface area contributed by atoms with E-state index in [1.807, 2.05) is 59.5 Å². The summed E-state index contributed by atoms with van der Waals surface area (Å²) in [4.78, 5) is 34.1. The van der Waals surface area contributed by atoms with Crippen LogP contribution in [-0.2, 0) is 16.0 Å². The number of carbonyl (C=O) groups excluding carboxylic acids is 2. The number of aromatic nitrogens is 2. The van der Waals surface area contributed by atoms with Crippen molar-refractivity contribution < 1.29 is 14.8 Å². The van der Waals surface area contributed by atoms with Gasteiger partial charge in [-0.25, -0.2) is 15.4 Å². The highest BCUT2D eigenvalue weighted by Crippen LogP contribution is 2.36. The number of rotatable bonds is 12. The number of halogens is 1. The normalized spacial score (nSPS) is 10.5. The number of para-hydroxylation sites is 2. The fraction of sp³-hybridized carbons (Fsp3) is 0.280. The van der Waals surface area contributed by atoms with Crippen LogP contribution < -0.4 is 15.7 Å². The molecule has 3 aromatic rings. The number of amides is 2. The van der Waals surface area contributed by atoms with E-state index in [4.69, 9.17) is 16.8 Å². The highest BCUT2D eigenvalue weighted by Gasteiger charge is 2.17. The van der Waals surface area contributed by atoms with Crippen molar-refractivity contribution in [2.45, 2.75) is 38.5 Å². The standard InChI is InChI=1S/C25H28ClN5O3/c26-21-12-7-8-13-22(21)31(20-10-4-3-5-11-20)25-28-17-19(18-29-25)16-24(33)27-15-9-2-1-6-14-23(32)30-34/h3-5,7-8,10-13,17-18,34H,1-2,6,9,14-16H2,(H,27,33)(H,30,32). The zero-order valence-corrected chi connectivity index (χ0v) is 19.5. The van der Waals surface area contributed by atoms with Gasteiger partial charge in [-0.05, 0) is 42.7 Å². The van der Waals surface area contributed by atoms with Crippen molar-refractivity contribution >= 4 is 40.7 Å². The SMILES string of the molecule is O=C(CCCCCCNC(=O)Cc1cnc(N(c2ccccc2)c2ccccc2Cl)nc1)NO. The van der Waals surface area contributed by atoms with Gasteiger partial charge in [-0.2, -0.15) is 0 Å². The Morgan fingerprint density at radius 1 is 0.882 bits per heavy atom. The number of nitrogens with one attached hydrogen (secondary N) is 2. The van der Waals surface area contributed by atoms with Gasteiger partial charge in [-0.1, -0.05) is 54.8 Å². The number of hydroxylamine groups is 1. The monoisotopic (exact) mass is 481 g/mol. The molecule has 34 heavy (non-hydrogen) atoms. The summed E-state index contributed by atoms with van der Waals surface area (Å²) in [6, 6.07) is 17.2. The van der Waals surface area contributed by atoms with E-state index in [-0.39, 0.29) is 18.2 Å². The van der Waals surface area contributed by atoms with Crippen molar-refractivity contribution in [3.8, 4) is 0 Å². The molecule has 1 aromatic heterocycles. The van der Waals surface area contributed by atoms with Crippen LogP contribution in [0.1, 0.15) is 37.7 Å². The molecule has 2 aromatic carbocycles. The smallest absolute Gasteiger partial charge is 0.243 e. The van der Waals surface area contributed by atoms with Crippen LogP contribution in [0.3, 0.4) is 0 Å². The zero-order chi connectivity index (χ0) is 24.2. The number of anilines is 3. The third-order valence-corrected chi connectivity index (χ3v) is 5.46. The van der Waals surface area contributed by atoms with Crippen LogP contribution in [0.15, 0.2) is 67.0 Å². The molecule has 0 bridgehead atoms. The molecule has 2 amide bonds. The van der Waals surface area contributed by atoms with Gasteiger partial charge in [0.2, 0.25) is 17.8 Å². The summed E-state index contributed by atoms with van der Waals surface area (Å²) in [5, 5.41) is 11.9. The van der Waals surface area contributed by atoms with Gasteiger partial charge >= 0.3 is 0 Å².